The first-order valence-corrected chi connectivity index (χ1v) is 7.68. The largest absolute Gasteiger partial charge is 0.385 e. The predicted octanol–water partition coefficient (Wildman–Crippen LogP) is 3.14. The van der Waals surface area contributed by atoms with Crippen LogP contribution in [0.2, 0.25) is 10.6 Å². The molecule has 2 heteroatoms. The van der Waals surface area contributed by atoms with Crippen molar-refractivity contribution < 1.29 is 0 Å². The Hall–Kier alpha value is 0.492. The van der Waals surface area contributed by atoms with E-state index in [0.717, 1.165) is 0 Å². The molecule has 0 aromatic carbocycles. The molecule has 0 aliphatic heterocycles. The summed E-state index contributed by atoms with van der Waals surface area (Å²) in [6.07, 6.45) is 2.65. The van der Waals surface area contributed by atoms with E-state index in [0.29, 0.717) is 0 Å². The molecule has 0 aromatic heterocycles. The minimum atomic E-state index is -0.509. The summed E-state index contributed by atoms with van der Waals surface area (Å²) in [6.45, 7) is 12.0. The molecule has 0 amide bonds. The summed E-state index contributed by atoms with van der Waals surface area (Å²) in [4.78, 5) is 0. The van der Waals surface area contributed by atoms with E-state index in [4.69, 9.17) is 0 Å². The van der Waals surface area contributed by atoms with Gasteiger partial charge in [-0.1, -0.05) is 38.3 Å². The van der Waals surface area contributed by atoms with Crippen molar-refractivity contribution in [3.8, 4) is 0 Å². The van der Waals surface area contributed by atoms with Gasteiger partial charge in [0.05, 0.1) is 0 Å². The van der Waals surface area contributed by atoms with Crippen molar-refractivity contribution in [2.45, 2.75) is 51.1 Å². The third-order valence-corrected chi connectivity index (χ3v) is 5.91. The van der Waals surface area contributed by atoms with E-state index in [1.54, 1.807) is 0 Å². The van der Waals surface area contributed by atoms with Gasteiger partial charge in [-0.2, -0.15) is 0 Å². The van der Waals surface area contributed by atoms with E-state index in [1.165, 1.54) is 36.5 Å². The highest BCUT2D eigenvalue weighted by molar-refractivity contribution is 6.55. The van der Waals surface area contributed by atoms with Crippen molar-refractivity contribution in [3.05, 3.63) is 0 Å². The summed E-state index contributed by atoms with van der Waals surface area (Å²) in [5.41, 5.74) is 0. The molecule has 0 atom stereocenters. The van der Waals surface area contributed by atoms with E-state index < -0.39 is 14.4 Å². The summed E-state index contributed by atoms with van der Waals surface area (Å²) in [5, 5.41) is 2.88. The number of rotatable bonds is 7. The number of hydrogen-bond acceptors (Lipinski definition) is 1. The minimum absolute atomic E-state index is 0.509. The van der Waals surface area contributed by atoms with Crippen molar-refractivity contribution in [1.29, 1.82) is 0 Å². The average Bonchev–Trinajstić information content (AvgIpc) is 2.07. The lowest BCUT2D eigenvalue weighted by Gasteiger charge is -2.26. The van der Waals surface area contributed by atoms with Crippen molar-refractivity contribution in [2.24, 2.45) is 0 Å². The molecular weight excluding hydrogens is 161 g/mol. The highest BCUT2D eigenvalue weighted by Crippen LogP contribution is 2.07. The Kier molecular flexibility index (Phi) is 8.44. The number of hydrogen-bond donors (Lipinski definition) is 0. The molecule has 0 radical (unpaired) electrons. The standard InChI is InChI=1S/C6H14N.2C2H5.Al/c1-3-5-7-6-4-2;2*1-2;/h3-6H2,1-2H3;2*1H2,2H3;/q-1;;;+1. The first-order valence-electron chi connectivity index (χ1n) is 5.54. The Morgan fingerprint density at radius 2 is 1.25 bits per heavy atom. The molecule has 0 rings (SSSR count). The van der Waals surface area contributed by atoms with Crippen molar-refractivity contribution in [2.75, 3.05) is 13.1 Å². The van der Waals surface area contributed by atoms with Crippen LogP contribution in [0.15, 0.2) is 0 Å². The van der Waals surface area contributed by atoms with Crippen LogP contribution >= 0.6 is 0 Å². The van der Waals surface area contributed by atoms with Gasteiger partial charge >= 0.3 is 14.4 Å². The van der Waals surface area contributed by atoms with Gasteiger partial charge < -0.3 is 3.88 Å². The van der Waals surface area contributed by atoms with Crippen LogP contribution in [0.1, 0.15) is 40.5 Å². The first-order chi connectivity index (χ1) is 5.79. The van der Waals surface area contributed by atoms with Crippen LogP contribution in [0, 0.1) is 0 Å². The number of nitrogens with zero attached hydrogens (tertiary/aromatic N) is 1. The lowest BCUT2D eigenvalue weighted by atomic mass is 10.4. The molecule has 0 heterocycles. The van der Waals surface area contributed by atoms with E-state index >= 15 is 0 Å². The van der Waals surface area contributed by atoms with Gasteiger partial charge in [-0.05, 0) is 25.9 Å². The predicted molar refractivity (Wildman–Crippen MR) is 58.9 cm³/mol. The molecule has 0 aliphatic carbocycles. The van der Waals surface area contributed by atoms with Crippen molar-refractivity contribution >= 4 is 14.4 Å². The molecule has 0 N–H and O–H groups in total. The Morgan fingerprint density at radius 3 is 1.50 bits per heavy atom. The molecule has 0 saturated carbocycles. The van der Waals surface area contributed by atoms with Gasteiger partial charge in [0, 0.05) is 0 Å². The van der Waals surface area contributed by atoms with Crippen molar-refractivity contribution in [1.82, 2.24) is 3.88 Å². The lowest BCUT2D eigenvalue weighted by molar-refractivity contribution is 0.426. The van der Waals surface area contributed by atoms with Crippen molar-refractivity contribution in [3.63, 3.8) is 0 Å². The van der Waals surface area contributed by atoms with Gasteiger partial charge in [0.2, 0.25) is 0 Å². The molecule has 0 aliphatic rings. The van der Waals surface area contributed by atoms with Gasteiger partial charge in [-0.15, -0.1) is 0 Å². The second-order valence-electron chi connectivity index (χ2n) is 3.51. The smallest absolute Gasteiger partial charge is 0.372 e. The van der Waals surface area contributed by atoms with Gasteiger partial charge in [0.1, 0.15) is 0 Å². The average molecular weight is 185 g/mol. The summed E-state index contributed by atoms with van der Waals surface area (Å²) < 4.78 is 2.78. The minimum Gasteiger partial charge on any atom is -0.385 e. The lowest BCUT2D eigenvalue weighted by Crippen LogP contribution is -2.39. The third-order valence-electron chi connectivity index (χ3n) is 2.48. The second-order valence-corrected chi connectivity index (χ2v) is 7.18. The Bertz CT molecular complexity index is 85.8. The highest BCUT2D eigenvalue weighted by Gasteiger charge is 2.20. The Morgan fingerprint density at radius 1 is 0.833 bits per heavy atom. The zero-order valence-corrected chi connectivity index (χ0v) is 10.4. The van der Waals surface area contributed by atoms with Gasteiger partial charge in [-0.25, -0.2) is 0 Å². The molecule has 0 fully saturated rings. The second kappa shape index (κ2) is 8.11. The summed E-state index contributed by atoms with van der Waals surface area (Å²) in [6, 6.07) is 0. The molecule has 72 valence electrons. The molecule has 0 aromatic rings. The first kappa shape index (κ1) is 12.5. The fourth-order valence-corrected chi connectivity index (χ4v) is 4.71. The summed E-state index contributed by atoms with van der Waals surface area (Å²) in [7, 11) is 0. The van der Waals surface area contributed by atoms with E-state index in [-0.39, 0.29) is 0 Å². The zero-order chi connectivity index (χ0) is 9.40. The van der Waals surface area contributed by atoms with Crippen LogP contribution in [0.25, 0.3) is 0 Å². The Labute approximate surface area is 82.8 Å². The maximum atomic E-state index is 2.78. The molecule has 0 spiro atoms. The molecule has 12 heavy (non-hydrogen) atoms. The molecule has 0 saturated heterocycles. The van der Waals surface area contributed by atoms with Crippen LogP contribution in [0.5, 0.6) is 0 Å². The maximum Gasteiger partial charge on any atom is 0.372 e. The Balaban J connectivity index is 3.86. The fraction of sp³-hybridized carbons (Fsp3) is 1.00. The molecular formula is C10H24AlN. The van der Waals surface area contributed by atoms with E-state index in [9.17, 15) is 0 Å². The van der Waals surface area contributed by atoms with Crippen LogP contribution in [0.4, 0.5) is 0 Å². The molecule has 1 nitrogen and oxygen atoms in total. The van der Waals surface area contributed by atoms with Gasteiger partial charge in [0.25, 0.3) is 0 Å². The normalized spacial score (nSPS) is 10.8. The highest BCUT2D eigenvalue weighted by atomic mass is 27.2. The molecule has 0 unspecified atom stereocenters. The zero-order valence-electron chi connectivity index (χ0n) is 9.27. The summed E-state index contributed by atoms with van der Waals surface area (Å²) in [5.74, 6) is 0. The topological polar surface area (TPSA) is 3.24 Å². The SMILES string of the molecule is CCC[N](CCC)[Al]([CH2]C)[CH2]C. The van der Waals surface area contributed by atoms with Crippen LogP contribution < -0.4 is 0 Å². The van der Waals surface area contributed by atoms with Crippen LogP contribution in [0.3, 0.4) is 0 Å². The van der Waals surface area contributed by atoms with Crippen LogP contribution in [-0.4, -0.2) is 31.3 Å². The van der Waals surface area contributed by atoms with E-state index in [1.807, 2.05) is 0 Å². The van der Waals surface area contributed by atoms with E-state index in [2.05, 4.69) is 31.6 Å². The maximum absolute atomic E-state index is 2.78. The van der Waals surface area contributed by atoms with Crippen LogP contribution in [-0.2, 0) is 0 Å². The van der Waals surface area contributed by atoms with Gasteiger partial charge in [0.15, 0.2) is 0 Å². The quantitative estimate of drug-likeness (QED) is 0.551. The fourth-order valence-electron chi connectivity index (χ4n) is 1.86. The molecule has 0 bridgehead atoms. The monoisotopic (exact) mass is 185 g/mol. The third kappa shape index (κ3) is 4.50. The van der Waals surface area contributed by atoms with Gasteiger partial charge in [-0.3, -0.25) is 0 Å². The summed E-state index contributed by atoms with van der Waals surface area (Å²) >= 11 is -0.509.